The number of nitrogens with zero attached hydrogens (tertiary/aromatic N) is 3. The van der Waals surface area contributed by atoms with Gasteiger partial charge in [-0.15, -0.1) is 0 Å². The quantitative estimate of drug-likeness (QED) is 0.579. The monoisotopic (exact) mass is 157 g/mol. The first-order valence-electron chi connectivity index (χ1n) is 3.41. The average Bonchev–Trinajstić information content (AvgIpc) is 2.47. The first kappa shape index (κ1) is 8.10. The predicted molar refractivity (Wildman–Crippen MR) is 44.6 cm³/mol. The van der Waals surface area contributed by atoms with Crippen molar-refractivity contribution in [1.29, 1.82) is 10.5 Å². The highest BCUT2D eigenvalue weighted by molar-refractivity contribution is 5.59. The zero-order valence-corrected chi connectivity index (χ0v) is 6.65. The molecule has 58 valence electrons. The maximum atomic E-state index is 8.47. The zero-order valence-electron chi connectivity index (χ0n) is 6.65. The Labute approximate surface area is 70.8 Å². The molecule has 0 aliphatic heterocycles. The molecule has 0 saturated carbocycles. The van der Waals surface area contributed by atoms with Crippen molar-refractivity contribution in [1.82, 2.24) is 4.57 Å². The molecule has 0 unspecified atom stereocenters. The second kappa shape index (κ2) is 3.41. The van der Waals surface area contributed by atoms with E-state index in [-0.39, 0.29) is 5.57 Å². The summed E-state index contributed by atoms with van der Waals surface area (Å²) < 4.78 is 1.84. The minimum Gasteiger partial charge on any atom is -0.351 e. The van der Waals surface area contributed by atoms with Crippen molar-refractivity contribution >= 4 is 6.08 Å². The normalized spacial score (nSPS) is 8.25. The van der Waals surface area contributed by atoms with Crippen LogP contribution in [0.5, 0.6) is 0 Å². The number of allylic oxidation sites excluding steroid dienone is 1. The van der Waals surface area contributed by atoms with Gasteiger partial charge in [0.1, 0.15) is 17.7 Å². The molecule has 0 aromatic carbocycles. The molecule has 1 aromatic rings. The molecule has 3 heteroatoms. The number of rotatable bonds is 1. The first-order valence-corrected chi connectivity index (χ1v) is 3.41. The SMILES string of the molecule is Cn1cccc1C=C(C#N)C#N. The van der Waals surface area contributed by atoms with Gasteiger partial charge in [0, 0.05) is 18.9 Å². The van der Waals surface area contributed by atoms with E-state index >= 15 is 0 Å². The van der Waals surface area contributed by atoms with Crippen molar-refractivity contribution in [2.24, 2.45) is 7.05 Å². The molecule has 0 atom stereocenters. The molecule has 0 amide bonds. The molecule has 12 heavy (non-hydrogen) atoms. The van der Waals surface area contributed by atoms with Crippen LogP contribution in [0.4, 0.5) is 0 Å². The van der Waals surface area contributed by atoms with Gasteiger partial charge in [-0.05, 0) is 18.2 Å². The lowest BCUT2D eigenvalue weighted by Crippen LogP contribution is -1.87. The molecule has 0 N–H and O–H groups in total. The van der Waals surface area contributed by atoms with E-state index in [1.807, 2.05) is 29.9 Å². The minimum absolute atomic E-state index is 0.122. The summed E-state index contributed by atoms with van der Waals surface area (Å²) in [6, 6.07) is 7.31. The third-order valence-corrected chi connectivity index (χ3v) is 1.52. The summed E-state index contributed by atoms with van der Waals surface area (Å²) in [5.74, 6) is 0. The smallest absolute Gasteiger partial charge is 0.131 e. The Hall–Kier alpha value is -2.00. The molecule has 0 aliphatic rings. The number of hydrogen-bond donors (Lipinski definition) is 0. The molecular formula is C9H7N3. The highest BCUT2D eigenvalue weighted by Crippen LogP contribution is 2.05. The fourth-order valence-corrected chi connectivity index (χ4v) is 0.862. The van der Waals surface area contributed by atoms with Crippen LogP contribution in [-0.2, 0) is 7.05 Å². The minimum atomic E-state index is 0.122. The summed E-state index contributed by atoms with van der Waals surface area (Å²) in [6.07, 6.45) is 3.41. The lowest BCUT2D eigenvalue weighted by atomic mass is 10.2. The number of hydrogen-bond acceptors (Lipinski definition) is 2. The summed E-state index contributed by atoms with van der Waals surface area (Å²) >= 11 is 0. The molecule has 0 fully saturated rings. The average molecular weight is 157 g/mol. The Morgan fingerprint density at radius 1 is 1.50 bits per heavy atom. The van der Waals surface area contributed by atoms with Crippen LogP contribution in [0.1, 0.15) is 5.69 Å². The van der Waals surface area contributed by atoms with Gasteiger partial charge in [-0.2, -0.15) is 10.5 Å². The van der Waals surface area contributed by atoms with Gasteiger partial charge >= 0.3 is 0 Å². The third kappa shape index (κ3) is 1.53. The zero-order chi connectivity index (χ0) is 8.97. The maximum absolute atomic E-state index is 8.47. The van der Waals surface area contributed by atoms with E-state index in [9.17, 15) is 0 Å². The Bertz CT molecular complexity index is 369. The Morgan fingerprint density at radius 3 is 2.58 bits per heavy atom. The molecule has 3 nitrogen and oxygen atoms in total. The van der Waals surface area contributed by atoms with E-state index in [0.29, 0.717) is 0 Å². The van der Waals surface area contributed by atoms with Gasteiger partial charge < -0.3 is 4.57 Å². The maximum Gasteiger partial charge on any atom is 0.131 e. The van der Waals surface area contributed by atoms with Gasteiger partial charge in [0.2, 0.25) is 0 Å². The second-order valence-electron chi connectivity index (χ2n) is 2.33. The molecular weight excluding hydrogens is 150 g/mol. The van der Waals surface area contributed by atoms with Gasteiger partial charge in [0.25, 0.3) is 0 Å². The second-order valence-corrected chi connectivity index (χ2v) is 2.33. The summed E-state index contributed by atoms with van der Waals surface area (Å²) in [4.78, 5) is 0. The molecule has 0 radical (unpaired) electrons. The molecule has 1 aromatic heterocycles. The van der Waals surface area contributed by atoms with Gasteiger partial charge in [-0.1, -0.05) is 0 Å². The molecule has 1 rings (SSSR count). The van der Waals surface area contributed by atoms with E-state index in [1.54, 1.807) is 18.2 Å². The standard InChI is InChI=1S/C9H7N3/c1-12-4-2-3-9(12)5-8(6-10)7-11/h2-5H,1H3. The number of aryl methyl sites for hydroxylation is 1. The van der Waals surface area contributed by atoms with Gasteiger partial charge in [-0.3, -0.25) is 0 Å². The highest BCUT2D eigenvalue weighted by Gasteiger charge is 1.95. The third-order valence-electron chi connectivity index (χ3n) is 1.52. The lowest BCUT2D eigenvalue weighted by Gasteiger charge is -1.93. The van der Waals surface area contributed by atoms with Crippen molar-refractivity contribution in [2.75, 3.05) is 0 Å². The van der Waals surface area contributed by atoms with Crippen molar-refractivity contribution < 1.29 is 0 Å². The van der Waals surface area contributed by atoms with Crippen LogP contribution in [0.2, 0.25) is 0 Å². The van der Waals surface area contributed by atoms with E-state index in [0.717, 1.165) is 5.69 Å². The Balaban J connectivity index is 3.05. The Kier molecular flexibility index (Phi) is 2.30. The molecule has 1 heterocycles. The van der Waals surface area contributed by atoms with E-state index in [1.165, 1.54) is 0 Å². The Morgan fingerprint density at radius 2 is 2.17 bits per heavy atom. The van der Waals surface area contributed by atoms with E-state index in [2.05, 4.69) is 0 Å². The molecule has 0 spiro atoms. The number of nitriles is 2. The largest absolute Gasteiger partial charge is 0.351 e. The van der Waals surface area contributed by atoms with Crippen molar-refractivity contribution in [2.45, 2.75) is 0 Å². The summed E-state index contributed by atoms with van der Waals surface area (Å²) in [5.41, 5.74) is 0.977. The fourth-order valence-electron chi connectivity index (χ4n) is 0.862. The van der Waals surface area contributed by atoms with E-state index in [4.69, 9.17) is 10.5 Å². The summed E-state index contributed by atoms with van der Waals surface area (Å²) in [7, 11) is 1.86. The molecule has 0 saturated heterocycles. The number of aromatic nitrogens is 1. The van der Waals surface area contributed by atoms with Gasteiger partial charge in [-0.25, -0.2) is 0 Å². The lowest BCUT2D eigenvalue weighted by molar-refractivity contribution is 0.914. The van der Waals surface area contributed by atoms with Crippen LogP contribution in [-0.4, -0.2) is 4.57 Å². The molecule has 0 aliphatic carbocycles. The summed E-state index contributed by atoms with van der Waals surface area (Å²) in [5, 5.41) is 16.9. The van der Waals surface area contributed by atoms with Crippen LogP contribution in [0.15, 0.2) is 23.9 Å². The van der Waals surface area contributed by atoms with E-state index < -0.39 is 0 Å². The first-order chi connectivity index (χ1) is 5.77. The molecule has 0 bridgehead atoms. The van der Waals surface area contributed by atoms with Gasteiger partial charge in [0.15, 0.2) is 0 Å². The van der Waals surface area contributed by atoms with Crippen molar-refractivity contribution in [3.8, 4) is 12.1 Å². The van der Waals surface area contributed by atoms with Crippen LogP contribution in [0, 0.1) is 22.7 Å². The summed E-state index contributed by atoms with van der Waals surface area (Å²) in [6.45, 7) is 0. The van der Waals surface area contributed by atoms with Crippen LogP contribution in [0.25, 0.3) is 6.08 Å². The van der Waals surface area contributed by atoms with Crippen LogP contribution >= 0.6 is 0 Å². The van der Waals surface area contributed by atoms with Crippen molar-refractivity contribution in [3.63, 3.8) is 0 Å². The van der Waals surface area contributed by atoms with Crippen LogP contribution in [0.3, 0.4) is 0 Å². The van der Waals surface area contributed by atoms with Gasteiger partial charge in [0.05, 0.1) is 0 Å². The fraction of sp³-hybridized carbons (Fsp3) is 0.111. The van der Waals surface area contributed by atoms with Crippen molar-refractivity contribution in [3.05, 3.63) is 29.6 Å². The topological polar surface area (TPSA) is 52.5 Å². The van der Waals surface area contributed by atoms with Crippen LogP contribution < -0.4 is 0 Å². The predicted octanol–water partition coefficient (Wildman–Crippen LogP) is 1.46. The highest BCUT2D eigenvalue weighted by atomic mass is 14.9.